The summed E-state index contributed by atoms with van der Waals surface area (Å²) < 4.78 is 13.9. The Kier molecular flexibility index (Phi) is 3.85. The number of aryl methyl sites for hydroxylation is 1. The van der Waals surface area contributed by atoms with Crippen LogP contribution in [0.4, 0.5) is 4.39 Å². The molecule has 25 heavy (non-hydrogen) atoms. The summed E-state index contributed by atoms with van der Waals surface area (Å²) in [6.07, 6.45) is 1.69. The van der Waals surface area contributed by atoms with Gasteiger partial charge in [-0.05, 0) is 38.5 Å². The molecule has 5 heteroatoms. The summed E-state index contributed by atoms with van der Waals surface area (Å²) in [6.45, 7) is 6.13. The zero-order chi connectivity index (χ0) is 17.8. The van der Waals surface area contributed by atoms with E-state index in [1.165, 1.54) is 6.07 Å². The van der Waals surface area contributed by atoms with E-state index in [9.17, 15) is 4.39 Å². The third-order valence-electron chi connectivity index (χ3n) is 4.21. The van der Waals surface area contributed by atoms with Gasteiger partial charge in [-0.3, -0.25) is 9.98 Å². The van der Waals surface area contributed by atoms with E-state index < -0.39 is 0 Å². The monoisotopic (exact) mass is 370 g/mol. The van der Waals surface area contributed by atoms with Crippen molar-refractivity contribution in [3.05, 3.63) is 70.1 Å². The molecule has 0 spiro atoms. The number of aromatic nitrogens is 1. The standard InChI is InChI=1S/C20H16ClFN2S/c1-11-7-8-14-17(24-20(2,3)25-19(14)16(11)21)13-9-12-5-4-6-15(22)18(12)23-10-13/h4-10H,1-3H3. The van der Waals surface area contributed by atoms with Gasteiger partial charge >= 0.3 is 0 Å². The van der Waals surface area contributed by atoms with Crippen molar-refractivity contribution >= 4 is 40.0 Å². The highest BCUT2D eigenvalue weighted by Gasteiger charge is 2.30. The number of aliphatic imine (C=N–C) groups is 1. The number of hydrogen-bond donors (Lipinski definition) is 0. The minimum absolute atomic E-state index is 0.315. The van der Waals surface area contributed by atoms with Gasteiger partial charge in [-0.25, -0.2) is 4.39 Å². The van der Waals surface area contributed by atoms with Crippen LogP contribution in [0, 0.1) is 12.7 Å². The van der Waals surface area contributed by atoms with Crippen LogP contribution in [0.1, 0.15) is 30.5 Å². The van der Waals surface area contributed by atoms with Crippen molar-refractivity contribution < 1.29 is 4.39 Å². The number of fused-ring (bicyclic) bond motifs is 2. The average Bonchev–Trinajstić information content (AvgIpc) is 2.57. The molecule has 0 bridgehead atoms. The van der Waals surface area contributed by atoms with Crippen LogP contribution < -0.4 is 0 Å². The molecule has 2 aromatic carbocycles. The summed E-state index contributed by atoms with van der Waals surface area (Å²) in [5, 5.41) is 1.53. The molecule has 0 N–H and O–H groups in total. The number of nitrogens with zero attached hydrogens (tertiary/aromatic N) is 2. The molecule has 0 atom stereocenters. The van der Waals surface area contributed by atoms with Crippen LogP contribution >= 0.6 is 23.4 Å². The minimum atomic E-state index is -0.337. The zero-order valence-corrected chi connectivity index (χ0v) is 15.7. The molecule has 0 saturated heterocycles. The van der Waals surface area contributed by atoms with Gasteiger partial charge in [-0.15, -0.1) is 0 Å². The second kappa shape index (κ2) is 5.82. The van der Waals surface area contributed by atoms with Gasteiger partial charge < -0.3 is 0 Å². The Bertz CT molecular complexity index is 1040. The molecule has 0 aliphatic carbocycles. The second-order valence-electron chi connectivity index (χ2n) is 6.62. The maximum absolute atomic E-state index is 13.9. The Morgan fingerprint density at radius 3 is 2.76 bits per heavy atom. The predicted octanol–water partition coefficient (Wildman–Crippen LogP) is 6.01. The summed E-state index contributed by atoms with van der Waals surface area (Å²) in [5.74, 6) is -0.315. The maximum Gasteiger partial charge on any atom is 0.149 e. The van der Waals surface area contributed by atoms with Crippen molar-refractivity contribution in [3.8, 4) is 0 Å². The Labute approximate surface area is 155 Å². The third kappa shape index (κ3) is 2.83. The number of hydrogen-bond acceptors (Lipinski definition) is 3. The molecule has 1 aromatic heterocycles. The zero-order valence-electron chi connectivity index (χ0n) is 14.1. The highest BCUT2D eigenvalue weighted by Crippen LogP contribution is 2.45. The van der Waals surface area contributed by atoms with E-state index in [0.29, 0.717) is 5.52 Å². The molecule has 2 nitrogen and oxygen atoms in total. The van der Waals surface area contributed by atoms with Crippen LogP contribution in [-0.4, -0.2) is 15.6 Å². The lowest BCUT2D eigenvalue weighted by Gasteiger charge is -2.29. The van der Waals surface area contributed by atoms with Gasteiger partial charge in [0.05, 0.1) is 10.7 Å². The first kappa shape index (κ1) is 16.6. The van der Waals surface area contributed by atoms with Gasteiger partial charge in [-0.1, -0.05) is 47.6 Å². The quantitative estimate of drug-likeness (QED) is 0.523. The van der Waals surface area contributed by atoms with Crippen LogP contribution in [0.25, 0.3) is 10.9 Å². The van der Waals surface area contributed by atoms with Crippen molar-refractivity contribution in [2.75, 3.05) is 0 Å². The van der Waals surface area contributed by atoms with Crippen LogP contribution in [0.3, 0.4) is 0 Å². The van der Waals surface area contributed by atoms with E-state index >= 15 is 0 Å². The van der Waals surface area contributed by atoms with Crippen molar-refractivity contribution in [1.82, 2.24) is 4.98 Å². The molecule has 0 amide bonds. The van der Waals surface area contributed by atoms with Crippen molar-refractivity contribution in [2.45, 2.75) is 30.5 Å². The topological polar surface area (TPSA) is 25.2 Å². The fourth-order valence-electron chi connectivity index (χ4n) is 3.02. The summed E-state index contributed by atoms with van der Waals surface area (Å²) >= 11 is 8.23. The first-order valence-corrected chi connectivity index (χ1v) is 9.18. The van der Waals surface area contributed by atoms with Crippen LogP contribution in [-0.2, 0) is 0 Å². The SMILES string of the molecule is Cc1ccc2c(c1Cl)SC(C)(C)N=C2c1cnc2c(F)cccc2c1. The number of para-hydroxylation sites is 1. The normalized spacial score (nSPS) is 15.8. The smallest absolute Gasteiger partial charge is 0.149 e. The van der Waals surface area contributed by atoms with E-state index in [1.54, 1.807) is 24.0 Å². The van der Waals surface area contributed by atoms with Gasteiger partial charge in [-0.2, -0.15) is 0 Å². The largest absolute Gasteiger partial charge is 0.267 e. The van der Waals surface area contributed by atoms with Crippen molar-refractivity contribution in [2.24, 2.45) is 4.99 Å². The molecular weight excluding hydrogens is 355 g/mol. The Hall–Kier alpha value is -1.91. The molecule has 126 valence electrons. The minimum Gasteiger partial charge on any atom is -0.267 e. The lowest BCUT2D eigenvalue weighted by molar-refractivity contribution is 0.637. The third-order valence-corrected chi connectivity index (χ3v) is 6.03. The van der Waals surface area contributed by atoms with Gasteiger partial charge in [0.2, 0.25) is 0 Å². The van der Waals surface area contributed by atoms with E-state index in [-0.39, 0.29) is 10.7 Å². The second-order valence-corrected chi connectivity index (χ2v) is 8.61. The van der Waals surface area contributed by atoms with Crippen molar-refractivity contribution in [3.63, 3.8) is 0 Å². The molecule has 0 fully saturated rings. The average molecular weight is 371 g/mol. The van der Waals surface area contributed by atoms with E-state index in [1.807, 2.05) is 31.2 Å². The molecule has 1 aliphatic heterocycles. The first-order valence-electron chi connectivity index (χ1n) is 7.99. The summed E-state index contributed by atoms with van der Waals surface area (Å²) in [5.41, 5.74) is 4.13. The maximum atomic E-state index is 13.9. The summed E-state index contributed by atoms with van der Waals surface area (Å²) in [6, 6.07) is 11.0. The van der Waals surface area contributed by atoms with Gasteiger partial charge in [0, 0.05) is 27.6 Å². The van der Waals surface area contributed by atoms with Crippen LogP contribution in [0.5, 0.6) is 0 Å². The lowest BCUT2D eigenvalue weighted by Crippen LogP contribution is -2.22. The molecule has 0 radical (unpaired) electrons. The number of benzene rings is 2. The molecule has 0 saturated carbocycles. The highest BCUT2D eigenvalue weighted by molar-refractivity contribution is 8.00. The van der Waals surface area contributed by atoms with E-state index in [2.05, 4.69) is 18.8 Å². The number of halogens is 2. The van der Waals surface area contributed by atoms with Crippen LogP contribution in [0.2, 0.25) is 5.02 Å². The van der Waals surface area contributed by atoms with E-state index in [4.69, 9.17) is 16.6 Å². The molecular formula is C20H16ClFN2S. The fourth-order valence-corrected chi connectivity index (χ4v) is 4.46. The Morgan fingerprint density at radius 2 is 1.96 bits per heavy atom. The Morgan fingerprint density at radius 1 is 1.16 bits per heavy atom. The van der Waals surface area contributed by atoms with Gasteiger partial charge in [0.15, 0.2) is 0 Å². The van der Waals surface area contributed by atoms with E-state index in [0.717, 1.165) is 37.7 Å². The molecule has 3 aromatic rings. The van der Waals surface area contributed by atoms with Gasteiger partial charge in [0.1, 0.15) is 16.2 Å². The fraction of sp³-hybridized carbons (Fsp3) is 0.200. The highest BCUT2D eigenvalue weighted by atomic mass is 35.5. The predicted molar refractivity (Wildman–Crippen MR) is 103 cm³/mol. The summed E-state index contributed by atoms with van der Waals surface area (Å²) in [4.78, 5) is 9.94. The lowest BCUT2D eigenvalue weighted by atomic mass is 10.00. The Balaban J connectivity index is 1.96. The molecule has 4 rings (SSSR count). The number of pyridine rings is 1. The summed E-state index contributed by atoms with van der Waals surface area (Å²) in [7, 11) is 0. The van der Waals surface area contributed by atoms with Crippen LogP contribution in [0.15, 0.2) is 52.5 Å². The molecule has 0 unspecified atom stereocenters. The van der Waals surface area contributed by atoms with Gasteiger partial charge in [0.25, 0.3) is 0 Å². The van der Waals surface area contributed by atoms with Crippen molar-refractivity contribution in [1.29, 1.82) is 0 Å². The number of rotatable bonds is 1. The number of thioether (sulfide) groups is 1. The molecule has 1 aliphatic rings. The molecule has 2 heterocycles. The first-order chi connectivity index (χ1) is 11.9.